The van der Waals surface area contributed by atoms with Crippen LogP contribution in [0.4, 0.5) is 0 Å². The van der Waals surface area contributed by atoms with Gasteiger partial charge < -0.3 is 10.4 Å². The second kappa shape index (κ2) is 6.53. The van der Waals surface area contributed by atoms with Crippen LogP contribution in [0.1, 0.15) is 22.2 Å². The van der Waals surface area contributed by atoms with Crippen LogP contribution in [0.25, 0.3) is 0 Å². The zero-order valence-electron chi connectivity index (χ0n) is 11.3. The van der Waals surface area contributed by atoms with E-state index in [-0.39, 0.29) is 18.1 Å². The summed E-state index contributed by atoms with van der Waals surface area (Å²) in [5.74, 6) is -0.349. The molecule has 1 aromatic heterocycles. The molecule has 0 aliphatic rings. The number of aromatic nitrogens is 3. The number of thioether (sulfide) groups is 1. The minimum absolute atomic E-state index is 0.133. The minimum Gasteiger partial charge on any atom is -0.387 e. The number of aliphatic hydroxyl groups excluding tert-OH is 1. The third-order valence-electron chi connectivity index (χ3n) is 2.79. The Morgan fingerprint density at radius 2 is 2.15 bits per heavy atom. The molecule has 0 saturated heterocycles. The number of rotatable bonds is 5. The average molecular weight is 292 g/mol. The van der Waals surface area contributed by atoms with Gasteiger partial charge in [-0.3, -0.25) is 9.48 Å². The number of hydrogen-bond donors (Lipinski definition) is 2. The molecule has 0 spiro atoms. The van der Waals surface area contributed by atoms with Gasteiger partial charge in [0, 0.05) is 18.5 Å². The Morgan fingerprint density at radius 1 is 1.45 bits per heavy atom. The molecule has 0 aliphatic heterocycles. The lowest BCUT2D eigenvalue weighted by Gasteiger charge is -2.12. The van der Waals surface area contributed by atoms with Crippen LogP contribution in [0.5, 0.6) is 0 Å². The summed E-state index contributed by atoms with van der Waals surface area (Å²) < 4.78 is 1.45. The van der Waals surface area contributed by atoms with Gasteiger partial charge >= 0.3 is 0 Å². The molecule has 1 atom stereocenters. The molecule has 0 bridgehead atoms. The molecule has 7 heteroatoms. The van der Waals surface area contributed by atoms with E-state index in [1.54, 1.807) is 18.8 Å². The van der Waals surface area contributed by atoms with E-state index in [0.29, 0.717) is 0 Å². The average Bonchev–Trinajstić information content (AvgIpc) is 2.91. The molecular weight excluding hydrogens is 276 g/mol. The standard InChI is InChI=1S/C13H16N4O2S/c1-17-8-11(15-16-17)13(19)14-7-12(18)9-3-5-10(20-2)6-4-9/h3-6,8,12,18H,7H2,1-2H3,(H,14,19). The van der Waals surface area contributed by atoms with Crippen LogP contribution < -0.4 is 5.32 Å². The van der Waals surface area contributed by atoms with Crippen molar-refractivity contribution in [1.29, 1.82) is 0 Å². The molecule has 2 aromatic rings. The van der Waals surface area contributed by atoms with Crippen LogP contribution in [0.2, 0.25) is 0 Å². The minimum atomic E-state index is -0.744. The van der Waals surface area contributed by atoms with E-state index in [1.165, 1.54) is 10.9 Å². The van der Waals surface area contributed by atoms with Gasteiger partial charge in [0.25, 0.3) is 5.91 Å². The van der Waals surface area contributed by atoms with Crippen molar-refractivity contribution in [2.75, 3.05) is 12.8 Å². The summed E-state index contributed by atoms with van der Waals surface area (Å²) in [6.07, 6.45) is 2.77. The Morgan fingerprint density at radius 3 is 2.70 bits per heavy atom. The fourth-order valence-electron chi connectivity index (χ4n) is 1.68. The van der Waals surface area contributed by atoms with Crippen LogP contribution in [-0.4, -0.2) is 38.8 Å². The number of nitrogens with one attached hydrogen (secondary N) is 1. The highest BCUT2D eigenvalue weighted by atomic mass is 32.2. The number of hydrogen-bond acceptors (Lipinski definition) is 5. The van der Waals surface area contributed by atoms with Gasteiger partial charge in [0.05, 0.1) is 12.3 Å². The smallest absolute Gasteiger partial charge is 0.273 e. The summed E-state index contributed by atoms with van der Waals surface area (Å²) in [4.78, 5) is 12.9. The van der Waals surface area contributed by atoms with Crippen molar-refractivity contribution in [2.45, 2.75) is 11.0 Å². The number of aryl methyl sites for hydroxylation is 1. The molecule has 1 aromatic carbocycles. The lowest BCUT2D eigenvalue weighted by atomic mass is 10.1. The number of carbonyl (C=O) groups excluding carboxylic acids is 1. The third kappa shape index (κ3) is 3.58. The van der Waals surface area contributed by atoms with Crippen LogP contribution >= 0.6 is 11.8 Å². The van der Waals surface area contributed by atoms with E-state index in [2.05, 4.69) is 15.6 Å². The number of carbonyl (C=O) groups is 1. The first-order chi connectivity index (χ1) is 9.60. The molecule has 2 rings (SSSR count). The van der Waals surface area contributed by atoms with Crippen molar-refractivity contribution < 1.29 is 9.90 Å². The predicted octanol–water partition coefficient (Wildman–Crippen LogP) is 1.00. The third-order valence-corrected chi connectivity index (χ3v) is 3.54. The highest BCUT2D eigenvalue weighted by molar-refractivity contribution is 7.98. The summed E-state index contributed by atoms with van der Waals surface area (Å²) in [7, 11) is 1.69. The molecular formula is C13H16N4O2S. The molecule has 1 heterocycles. The van der Waals surface area contributed by atoms with E-state index in [1.807, 2.05) is 30.5 Å². The van der Waals surface area contributed by atoms with Crippen molar-refractivity contribution in [3.05, 3.63) is 41.7 Å². The summed E-state index contributed by atoms with van der Waals surface area (Å²) in [5, 5.41) is 20.0. The number of aliphatic hydroxyl groups is 1. The highest BCUT2D eigenvalue weighted by Gasteiger charge is 2.13. The molecule has 0 aliphatic carbocycles. The Bertz CT molecular complexity index is 582. The van der Waals surface area contributed by atoms with Crippen LogP contribution in [0, 0.1) is 0 Å². The first kappa shape index (κ1) is 14.5. The van der Waals surface area contributed by atoms with E-state index < -0.39 is 6.10 Å². The lowest BCUT2D eigenvalue weighted by Crippen LogP contribution is -2.28. The Balaban J connectivity index is 1.91. The first-order valence-corrected chi connectivity index (χ1v) is 7.29. The summed E-state index contributed by atoms with van der Waals surface area (Å²) in [6.45, 7) is 0.133. The first-order valence-electron chi connectivity index (χ1n) is 6.06. The predicted molar refractivity (Wildman–Crippen MR) is 76.5 cm³/mol. The topological polar surface area (TPSA) is 80.0 Å². The van der Waals surface area contributed by atoms with E-state index >= 15 is 0 Å². The Hall–Kier alpha value is -1.86. The van der Waals surface area contributed by atoms with Gasteiger partial charge in [0.15, 0.2) is 5.69 Å². The molecule has 1 unspecified atom stereocenters. The van der Waals surface area contributed by atoms with E-state index in [0.717, 1.165) is 10.5 Å². The van der Waals surface area contributed by atoms with Gasteiger partial charge in [-0.2, -0.15) is 0 Å². The fraction of sp³-hybridized carbons (Fsp3) is 0.308. The van der Waals surface area contributed by atoms with Crippen LogP contribution in [-0.2, 0) is 7.05 Å². The Labute approximate surface area is 121 Å². The van der Waals surface area contributed by atoms with Crippen molar-refractivity contribution in [3.8, 4) is 0 Å². The maximum absolute atomic E-state index is 11.8. The molecule has 0 radical (unpaired) electrons. The van der Waals surface area contributed by atoms with Gasteiger partial charge in [0.1, 0.15) is 0 Å². The van der Waals surface area contributed by atoms with Gasteiger partial charge in [0.2, 0.25) is 0 Å². The molecule has 0 fully saturated rings. The summed E-state index contributed by atoms with van der Waals surface area (Å²) in [6, 6.07) is 7.58. The second-order valence-electron chi connectivity index (χ2n) is 4.28. The number of nitrogens with zero attached hydrogens (tertiary/aromatic N) is 3. The zero-order chi connectivity index (χ0) is 14.5. The van der Waals surface area contributed by atoms with Gasteiger partial charge in [-0.25, -0.2) is 0 Å². The molecule has 6 nitrogen and oxygen atoms in total. The molecule has 106 valence electrons. The van der Waals surface area contributed by atoms with Gasteiger partial charge in [-0.1, -0.05) is 17.3 Å². The molecule has 1 amide bonds. The van der Waals surface area contributed by atoms with Crippen molar-refractivity contribution in [1.82, 2.24) is 20.3 Å². The van der Waals surface area contributed by atoms with Crippen LogP contribution in [0.3, 0.4) is 0 Å². The Kier molecular flexibility index (Phi) is 4.75. The van der Waals surface area contributed by atoms with Gasteiger partial charge in [-0.15, -0.1) is 16.9 Å². The normalized spacial score (nSPS) is 12.2. The van der Waals surface area contributed by atoms with E-state index in [4.69, 9.17) is 0 Å². The largest absolute Gasteiger partial charge is 0.387 e. The van der Waals surface area contributed by atoms with Crippen LogP contribution in [0.15, 0.2) is 35.4 Å². The maximum atomic E-state index is 11.8. The SMILES string of the molecule is CSc1ccc(C(O)CNC(=O)c2cn(C)nn2)cc1. The monoisotopic (exact) mass is 292 g/mol. The number of amides is 1. The fourth-order valence-corrected chi connectivity index (χ4v) is 2.08. The zero-order valence-corrected chi connectivity index (χ0v) is 12.1. The van der Waals surface area contributed by atoms with Crippen molar-refractivity contribution in [2.24, 2.45) is 7.05 Å². The quantitative estimate of drug-likeness (QED) is 0.804. The highest BCUT2D eigenvalue weighted by Crippen LogP contribution is 2.18. The maximum Gasteiger partial charge on any atom is 0.273 e. The van der Waals surface area contributed by atoms with Gasteiger partial charge in [-0.05, 0) is 24.0 Å². The number of benzene rings is 1. The molecule has 0 saturated carbocycles. The van der Waals surface area contributed by atoms with E-state index in [9.17, 15) is 9.90 Å². The molecule has 2 N–H and O–H groups in total. The summed E-state index contributed by atoms with van der Waals surface area (Å²) in [5.41, 5.74) is 1.000. The van der Waals surface area contributed by atoms with Crippen molar-refractivity contribution in [3.63, 3.8) is 0 Å². The second-order valence-corrected chi connectivity index (χ2v) is 5.16. The summed E-state index contributed by atoms with van der Waals surface area (Å²) >= 11 is 1.64. The molecule has 20 heavy (non-hydrogen) atoms. The lowest BCUT2D eigenvalue weighted by molar-refractivity contribution is 0.0911. The van der Waals surface area contributed by atoms with Crippen molar-refractivity contribution >= 4 is 17.7 Å².